The molecule has 0 saturated heterocycles. The maximum atomic E-state index is 5.98. The Balaban J connectivity index is 2.07. The van der Waals surface area contributed by atoms with Crippen LogP contribution in [0.15, 0.2) is 34.4 Å². The largest absolute Gasteiger partial charge is 0.486 e. The molecule has 2 aromatic rings. The van der Waals surface area contributed by atoms with Crippen LogP contribution >= 0.6 is 38.9 Å². The van der Waals surface area contributed by atoms with Crippen LogP contribution in [-0.2, 0) is 6.61 Å². The average molecular weight is 305 g/mol. The van der Waals surface area contributed by atoms with Gasteiger partial charge in [0.2, 0.25) is 0 Å². The highest BCUT2D eigenvalue weighted by molar-refractivity contribution is 9.10. The van der Waals surface area contributed by atoms with Gasteiger partial charge < -0.3 is 4.74 Å². The van der Waals surface area contributed by atoms with Crippen molar-refractivity contribution in [2.45, 2.75) is 6.61 Å². The first-order chi connectivity index (χ1) is 7.25. The molecule has 78 valence electrons. The van der Waals surface area contributed by atoms with E-state index in [0.29, 0.717) is 17.4 Å². The Bertz CT molecular complexity index is 447. The van der Waals surface area contributed by atoms with Crippen molar-refractivity contribution in [1.82, 2.24) is 4.98 Å². The molecular formula is C10H7BrClNOS. The van der Waals surface area contributed by atoms with Gasteiger partial charge in [-0.1, -0.05) is 27.5 Å². The Morgan fingerprint density at radius 1 is 1.47 bits per heavy atom. The molecule has 15 heavy (non-hydrogen) atoms. The molecule has 0 amide bonds. The second-order valence-corrected chi connectivity index (χ2v) is 5.12. The zero-order valence-electron chi connectivity index (χ0n) is 7.61. The van der Waals surface area contributed by atoms with Crippen LogP contribution in [0, 0.1) is 0 Å². The lowest BCUT2D eigenvalue weighted by Gasteiger charge is -2.06. The van der Waals surface area contributed by atoms with Crippen molar-refractivity contribution < 1.29 is 4.74 Å². The highest BCUT2D eigenvalue weighted by Gasteiger charge is 2.03. The van der Waals surface area contributed by atoms with E-state index in [1.165, 1.54) is 0 Å². The lowest BCUT2D eigenvalue weighted by Crippen LogP contribution is -1.93. The minimum Gasteiger partial charge on any atom is -0.486 e. The van der Waals surface area contributed by atoms with E-state index in [9.17, 15) is 0 Å². The van der Waals surface area contributed by atoms with E-state index in [2.05, 4.69) is 20.9 Å². The van der Waals surface area contributed by atoms with Gasteiger partial charge in [0.15, 0.2) is 0 Å². The third-order valence-corrected chi connectivity index (χ3v) is 3.31. The fraction of sp³-hybridized carbons (Fsp3) is 0.100. The summed E-state index contributed by atoms with van der Waals surface area (Å²) in [6.07, 6.45) is 1.79. The van der Waals surface area contributed by atoms with Crippen molar-refractivity contribution in [2.24, 2.45) is 0 Å². The first-order valence-corrected chi connectivity index (χ1v) is 6.26. The lowest BCUT2D eigenvalue weighted by atomic mass is 10.3. The minimum atomic E-state index is 0.501. The molecule has 2 rings (SSSR count). The number of aromatic nitrogens is 1. The molecular weight excluding hydrogens is 298 g/mol. The summed E-state index contributed by atoms with van der Waals surface area (Å²) in [6, 6.07) is 5.53. The smallest absolute Gasteiger partial charge is 0.139 e. The summed E-state index contributed by atoms with van der Waals surface area (Å²) in [7, 11) is 0. The number of hydrogen-bond acceptors (Lipinski definition) is 3. The fourth-order valence-corrected chi connectivity index (χ4v) is 2.07. The molecule has 0 saturated carbocycles. The predicted molar refractivity (Wildman–Crippen MR) is 65.6 cm³/mol. The average Bonchev–Trinajstić information content (AvgIpc) is 2.72. The van der Waals surface area contributed by atoms with Crippen molar-refractivity contribution in [3.8, 4) is 5.75 Å². The molecule has 0 unspecified atom stereocenters. The van der Waals surface area contributed by atoms with Gasteiger partial charge in [-0.15, -0.1) is 11.3 Å². The molecule has 0 aliphatic heterocycles. The number of ether oxygens (including phenoxy) is 1. The zero-order valence-corrected chi connectivity index (χ0v) is 10.8. The van der Waals surface area contributed by atoms with Crippen LogP contribution in [0.25, 0.3) is 0 Å². The number of nitrogens with zero attached hydrogens (tertiary/aromatic N) is 1. The summed E-state index contributed by atoms with van der Waals surface area (Å²) in [6.45, 7) is 0.501. The molecule has 0 radical (unpaired) electrons. The summed E-state index contributed by atoms with van der Waals surface area (Å²) >= 11 is 10.9. The first kappa shape index (κ1) is 10.9. The third kappa shape index (κ3) is 2.93. The Hall–Kier alpha value is -0.580. The second-order valence-electron chi connectivity index (χ2n) is 2.83. The lowest BCUT2D eigenvalue weighted by molar-refractivity contribution is 0.309. The van der Waals surface area contributed by atoms with E-state index in [1.807, 2.05) is 12.1 Å². The summed E-state index contributed by atoms with van der Waals surface area (Å²) in [4.78, 5) is 5.05. The molecule has 1 heterocycles. The van der Waals surface area contributed by atoms with E-state index in [4.69, 9.17) is 16.3 Å². The predicted octanol–water partition coefficient (Wildman–Crippen LogP) is 4.14. The van der Waals surface area contributed by atoms with Gasteiger partial charge in [-0.3, -0.25) is 4.98 Å². The van der Waals surface area contributed by atoms with Gasteiger partial charge >= 0.3 is 0 Å². The second kappa shape index (κ2) is 4.96. The molecule has 2 nitrogen and oxygen atoms in total. The summed E-state index contributed by atoms with van der Waals surface area (Å²) in [5.41, 5.74) is 1.78. The highest BCUT2D eigenvalue weighted by Crippen LogP contribution is 2.28. The molecule has 0 bridgehead atoms. The van der Waals surface area contributed by atoms with Gasteiger partial charge in [0.25, 0.3) is 0 Å². The minimum absolute atomic E-state index is 0.501. The molecule has 5 heteroatoms. The van der Waals surface area contributed by atoms with Crippen molar-refractivity contribution in [1.29, 1.82) is 0 Å². The van der Waals surface area contributed by atoms with Gasteiger partial charge in [0, 0.05) is 10.7 Å². The summed E-state index contributed by atoms with van der Waals surface area (Å²) in [5, 5.41) is 0.614. The maximum Gasteiger partial charge on any atom is 0.139 e. The van der Waals surface area contributed by atoms with Gasteiger partial charge in [0.05, 0.1) is 15.4 Å². The molecule has 0 spiro atoms. The van der Waals surface area contributed by atoms with Crippen LogP contribution in [-0.4, -0.2) is 4.98 Å². The van der Waals surface area contributed by atoms with E-state index in [-0.39, 0.29) is 0 Å². The number of thiazole rings is 1. The van der Waals surface area contributed by atoms with Gasteiger partial charge in [-0.05, 0) is 18.2 Å². The quantitative estimate of drug-likeness (QED) is 0.850. The third-order valence-electron chi connectivity index (χ3n) is 1.75. The Labute approximate surface area is 105 Å². The van der Waals surface area contributed by atoms with Crippen LogP contribution in [0.1, 0.15) is 4.88 Å². The van der Waals surface area contributed by atoms with E-state index in [1.54, 1.807) is 29.1 Å². The van der Waals surface area contributed by atoms with Crippen LogP contribution in [0.3, 0.4) is 0 Å². The summed E-state index contributed by atoms with van der Waals surface area (Å²) < 4.78 is 6.52. The molecule has 0 aliphatic rings. The van der Waals surface area contributed by atoms with E-state index in [0.717, 1.165) is 9.35 Å². The molecule has 0 N–H and O–H groups in total. The van der Waals surface area contributed by atoms with Crippen molar-refractivity contribution >= 4 is 38.9 Å². The Morgan fingerprint density at radius 2 is 2.33 bits per heavy atom. The first-order valence-electron chi connectivity index (χ1n) is 4.21. The number of hydrogen-bond donors (Lipinski definition) is 0. The summed E-state index contributed by atoms with van der Waals surface area (Å²) in [5.74, 6) is 0.680. The molecule has 0 aliphatic carbocycles. The number of halogens is 2. The topological polar surface area (TPSA) is 22.1 Å². The van der Waals surface area contributed by atoms with Gasteiger partial charge in [-0.25, -0.2) is 0 Å². The van der Waals surface area contributed by atoms with Gasteiger partial charge in [-0.2, -0.15) is 0 Å². The molecule has 0 atom stereocenters. The van der Waals surface area contributed by atoms with Crippen molar-refractivity contribution in [2.75, 3.05) is 0 Å². The SMILES string of the molecule is Clc1ccc(Br)cc1OCc1cncs1. The normalized spacial score (nSPS) is 10.3. The van der Waals surface area contributed by atoms with Crippen LogP contribution in [0.5, 0.6) is 5.75 Å². The zero-order chi connectivity index (χ0) is 10.7. The molecule has 1 aromatic heterocycles. The standard InChI is InChI=1S/C10H7BrClNOS/c11-7-1-2-9(12)10(3-7)14-5-8-4-13-6-15-8/h1-4,6H,5H2. The Morgan fingerprint density at radius 3 is 3.07 bits per heavy atom. The van der Waals surface area contributed by atoms with Crippen LogP contribution in [0.4, 0.5) is 0 Å². The van der Waals surface area contributed by atoms with E-state index < -0.39 is 0 Å². The highest BCUT2D eigenvalue weighted by atomic mass is 79.9. The number of benzene rings is 1. The van der Waals surface area contributed by atoms with Gasteiger partial charge in [0.1, 0.15) is 12.4 Å². The monoisotopic (exact) mass is 303 g/mol. The maximum absolute atomic E-state index is 5.98. The molecule has 0 fully saturated rings. The molecule has 1 aromatic carbocycles. The van der Waals surface area contributed by atoms with Crippen molar-refractivity contribution in [3.63, 3.8) is 0 Å². The fourth-order valence-electron chi connectivity index (χ4n) is 1.05. The van der Waals surface area contributed by atoms with Crippen LogP contribution in [0.2, 0.25) is 5.02 Å². The van der Waals surface area contributed by atoms with E-state index >= 15 is 0 Å². The van der Waals surface area contributed by atoms with Crippen LogP contribution < -0.4 is 4.74 Å². The Kier molecular flexibility index (Phi) is 3.61. The van der Waals surface area contributed by atoms with Crippen molar-refractivity contribution in [3.05, 3.63) is 44.3 Å². The number of rotatable bonds is 3.